The molecule has 1 aromatic heterocycles. The van der Waals surface area contributed by atoms with E-state index in [1.165, 1.54) is 11.5 Å². The predicted octanol–water partition coefficient (Wildman–Crippen LogP) is 4.85. The quantitative estimate of drug-likeness (QED) is 0.675. The van der Waals surface area contributed by atoms with Crippen molar-refractivity contribution in [2.24, 2.45) is 0 Å². The van der Waals surface area contributed by atoms with E-state index < -0.39 is 0 Å². The lowest BCUT2D eigenvalue weighted by Gasteiger charge is -2.02. The zero-order valence-corrected chi connectivity index (χ0v) is 11.2. The zero-order valence-electron chi connectivity index (χ0n) is 8.76. The summed E-state index contributed by atoms with van der Waals surface area (Å²) < 4.78 is 11.2. The van der Waals surface area contributed by atoms with Gasteiger partial charge in [0.2, 0.25) is 5.06 Å². The number of hydrogen-bond donors (Lipinski definition) is 0. The van der Waals surface area contributed by atoms with Crippen LogP contribution in [0.15, 0.2) is 53.0 Å². The van der Waals surface area contributed by atoms with Gasteiger partial charge >= 0.3 is 0 Å². The molecule has 0 aliphatic carbocycles. The predicted molar refractivity (Wildman–Crippen MR) is 73.8 cm³/mol. The summed E-state index contributed by atoms with van der Waals surface area (Å²) in [7, 11) is 0. The van der Waals surface area contributed by atoms with Crippen LogP contribution in [0.5, 0.6) is 10.8 Å². The number of rotatable bonds is 2. The van der Waals surface area contributed by atoms with Crippen LogP contribution in [0.2, 0.25) is 0 Å². The van der Waals surface area contributed by atoms with Gasteiger partial charge in [0, 0.05) is 16.0 Å². The van der Waals surface area contributed by atoms with Crippen molar-refractivity contribution in [3.05, 3.63) is 53.0 Å². The van der Waals surface area contributed by atoms with Gasteiger partial charge in [0.15, 0.2) is 0 Å². The molecule has 3 aromatic rings. The molecule has 2 nitrogen and oxygen atoms in total. The number of halogens is 1. The van der Waals surface area contributed by atoms with E-state index in [-0.39, 0.29) is 0 Å². The number of aromatic nitrogens is 1. The molecular formula is C13H8BrNOS. The molecule has 84 valence electrons. The van der Waals surface area contributed by atoms with Crippen LogP contribution in [0.25, 0.3) is 10.9 Å². The lowest BCUT2D eigenvalue weighted by atomic mass is 10.2. The Labute approximate surface area is 111 Å². The molecule has 0 N–H and O–H groups in total. The van der Waals surface area contributed by atoms with Crippen LogP contribution in [0.4, 0.5) is 0 Å². The first-order chi connectivity index (χ1) is 8.33. The number of hydrogen-bond acceptors (Lipinski definition) is 3. The standard InChI is InChI=1S/C13H8BrNOS/c14-9-4-3-5-10(8-9)16-13-11-6-1-2-7-12(11)15-17-13/h1-8H. The van der Waals surface area contributed by atoms with Crippen molar-refractivity contribution in [2.75, 3.05) is 0 Å². The maximum absolute atomic E-state index is 5.84. The van der Waals surface area contributed by atoms with Gasteiger partial charge in [-0.15, -0.1) is 0 Å². The van der Waals surface area contributed by atoms with Crippen molar-refractivity contribution in [1.29, 1.82) is 0 Å². The summed E-state index contributed by atoms with van der Waals surface area (Å²) >= 11 is 4.80. The Morgan fingerprint density at radius 1 is 1.06 bits per heavy atom. The summed E-state index contributed by atoms with van der Waals surface area (Å²) in [6.07, 6.45) is 0. The summed E-state index contributed by atoms with van der Waals surface area (Å²) in [6.45, 7) is 0. The van der Waals surface area contributed by atoms with Gasteiger partial charge < -0.3 is 4.74 Å². The lowest BCUT2D eigenvalue weighted by molar-refractivity contribution is 0.501. The van der Waals surface area contributed by atoms with Crippen LogP contribution in [0.3, 0.4) is 0 Å². The van der Waals surface area contributed by atoms with Crippen LogP contribution in [0.1, 0.15) is 0 Å². The minimum atomic E-state index is 0.814. The van der Waals surface area contributed by atoms with Crippen LogP contribution < -0.4 is 4.74 Å². The Kier molecular flexibility index (Phi) is 2.82. The molecule has 2 aromatic carbocycles. The monoisotopic (exact) mass is 305 g/mol. The number of fused-ring (bicyclic) bond motifs is 1. The molecule has 0 spiro atoms. The first-order valence-corrected chi connectivity index (χ1v) is 6.67. The molecule has 0 aliphatic heterocycles. The van der Waals surface area contributed by atoms with E-state index in [0.29, 0.717) is 0 Å². The Morgan fingerprint density at radius 3 is 2.82 bits per heavy atom. The van der Waals surface area contributed by atoms with E-state index in [4.69, 9.17) is 4.74 Å². The van der Waals surface area contributed by atoms with Gasteiger partial charge in [-0.05, 0) is 30.3 Å². The smallest absolute Gasteiger partial charge is 0.207 e. The zero-order chi connectivity index (χ0) is 11.7. The van der Waals surface area contributed by atoms with Crippen molar-refractivity contribution in [3.8, 4) is 10.8 Å². The molecule has 0 aliphatic rings. The fourth-order valence-electron chi connectivity index (χ4n) is 1.58. The third-order valence-electron chi connectivity index (χ3n) is 2.36. The van der Waals surface area contributed by atoms with Crippen molar-refractivity contribution < 1.29 is 4.74 Å². The molecule has 0 radical (unpaired) electrons. The highest BCUT2D eigenvalue weighted by molar-refractivity contribution is 9.10. The van der Waals surface area contributed by atoms with Crippen LogP contribution in [0, 0.1) is 0 Å². The topological polar surface area (TPSA) is 22.1 Å². The number of ether oxygens (including phenoxy) is 1. The molecule has 4 heteroatoms. The highest BCUT2D eigenvalue weighted by atomic mass is 79.9. The van der Waals surface area contributed by atoms with Gasteiger partial charge in [-0.1, -0.05) is 34.1 Å². The summed E-state index contributed by atoms with van der Waals surface area (Å²) in [6, 6.07) is 15.8. The first-order valence-electron chi connectivity index (χ1n) is 5.11. The maximum atomic E-state index is 5.84. The fraction of sp³-hybridized carbons (Fsp3) is 0. The molecule has 17 heavy (non-hydrogen) atoms. The highest BCUT2D eigenvalue weighted by Gasteiger charge is 2.07. The molecule has 0 bridgehead atoms. The molecule has 0 saturated heterocycles. The van der Waals surface area contributed by atoms with E-state index in [0.717, 1.165) is 26.2 Å². The van der Waals surface area contributed by atoms with E-state index in [2.05, 4.69) is 20.3 Å². The summed E-state index contributed by atoms with van der Waals surface area (Å²) in [5, 5.41) is 1.89. The van der Waals surface area contributed by atoms with Crippen molar-refractivity contribution in [2.45, 2.75) is 0 Å². The average Bonchev–Trinajstić information content (AvgIpc) is 2.73. The molecule has 0 fully saturated rings. The van der Waals surface area contributed by atoms with Crippen LogP contribution in [-0.4, -0.2) is 4.37 Å². The molecule has 0 atom stereocenters. The van der Waals surface area contributed by atoms with Crippen LogP contribution in [-0.2, 0) is 0 Å². The van der Waals surface area contributed by atoms with Crippen molar-refractivity contribution in [3.63, 3.8) is 0 Å². The molecule has 0 saturated carbocycles. The number of benzene rings is 2. The Hall–Kier alpha value is -1.39. The Balaban J connectivity index is 2.00. The third-order valence-corrected chi connectivity index (χ3v) is 3.61. The van der Waals surface area contributed by atoms with Crippen molar-refractivity contribution >= 4 is 38.4 Å². The van der Waals surface area contributed by atoms with E-state index in [1.54, 1.807) is 0 Å². The summed E-state index contributed by atoms with van der Waals surface area (Å²) in [4.78, 5) is 0. The minimum Gasteiger partial charge on any atom is -0.444 e. The van der Waals surface area contributed by atoms with Gasteiger partial charge in [0.05, 0.1) is 10.9 Å². The second kappa shape index (κ2) is 4.47. The van der Waals surface area contributed by atoms with Gasteiger partial charge in [-0.3, -0.25) is 0 Å². The molecule has 3 rings (SSSR count). The Morgan fingerprint density at radius 2 is 1.94 bits per heavy atom. The largest absolute Gasteiger partial charge is 0.444 e. The van der Waals surface area contributed by atoms with Gasteiger partial charge in [0.1, 0.15) is 5.75 Å². The highest BCUT2D eigenvalue weighted by Crippen LogP contribution is 2.34. The first kappa shape index (κ1) is 10.7. The molecule has 0 unspecified atom stereocenters. The van der Waals surface area contributed by atoms with E-state index in [1.807, 2.05) is 48.5 Å². The van der Waals surface area contributed by atoms with Gasteiger partial charge in [-0.25, -0.2) is 0 Å². The average molecular weight is 306 g/mol. The lowest BCUT2D eigenvalue weighted by Crippen LogP contribution is -1.80. The van der Waals surface area contributed by atoms with Crippen molar-refractivity contribution in [1.82, 2.24) is 4.37 Å². The molecule has 0 amide bonds. The number of nitrogens with zero attached hydrogens (tertiary/aromatic N) is 1. The third kappa shape index (κ3) is 2.18. The molecule has 1 heterocycles. The van der Waals surface area contributed by atoms with E-state index in [9.17, 15) is 0 Å². The summed E-state index contributed by atoms with van der Waals surface area (Å²) in [5.41, 5.74) is 0.975. The van der Waals surface area contributed by atoms with Crippen LogP contribution >= 0.6 is 27.5 Å². The normalized spacial score (nSPS) is 10.6. The Bertz CT molecular complexity index is 665. The summed E-state index contributed by atoms with van der Waals surface area (Å²) in [5.74, 6) is 0.814. The van der Waals surface area contributed by atoms with E-state index >= 15 is 0 Å². The minimum absolute atomic E-state index is 0.814. The molecular weight excluding hydrogens is 298 g/mol. The second-order valence-electron chi connectivity index (χ2n) is 3.55. The maximum Gasteiger partial charge on any atom is 0.207 e. The van der Waals surface area contributed by atoms with Gasteiger partial charge in [-0.2, -0.15) is 4.37 Å². The second-order valence-corrected chi connectivity index (χ2v) is 5.20. The SMILES string of the molecule is Brc1cccc(Oc2snc3ccccc23)c1. The fourth-order valence-corrected chi connectivity index (χ4v) is 2.70. The van der Waals surface area contributed by atoms with Gasteiger partial charge in [0.25, 0.3) is 0 Å².